The number of benzene rings is 3. The number of pyridine rings is 1. The second-order valence-corrected chi connectivity index (χ2v) is 14.6. The summed E-state index contributed by atoms with van der Waals surface area (Å²) in [6.45, 7) is 7.48. The lowest BCUT2D eigenvalue weighted by molar-refractivity contribution is 0.0599. The molecule has 7 heteroatoms. The van der Waals surface area contributed by atoms with Crippen molar-refractivity contribution >= 4 is 24.7 Å². The van der Waals surface area contributed by atoms with Crippen LogP contribution >= 0.6 is 0 Å². The predicted molar refractivity (Wildman–Crippen MR) is 155 cm³/mol. The standard InChI is InChI=1S/C32H35NO5Si/c1-32(2,3)39(29-12-8-6-9-13-29,30-14-10-7-11-15-30)38-23-25-16-24(17-27(18-25)35-4)22-37-28-19-26(20-33-21-28)31(34)36-5/h6-21H,22-23H2,1-5H3. The summed E-state index contributed by atoms with van der Waals surface area (Å²) in [5.41, 5.74) is 2.24. The number of esters is 1. The van der Waals surface area contributed by atoms with E-state index in [4.69, 9.17) is 18.6 Å². The third kappa shape index (κ3) is 6.38. The largest absolute Gasteiger partial charge is 0.497 e. The zero-order valence-corrected chi connectivity index (χ0v) is 24.1. The molecule has 4 aromatic rings. The van der Waals surface area contributed by atoms with Gasteiger partial charge in [0.1, 0.15) is 18.1 Å². The fourth-order valence-electron chi connectivity index (χ4n) is 4.86. The second kappa shape index (κ2) is 12.3. The van der Waals surface area contributed by atoms with Crippen molar-refractivity contribution in [1.29, 1.82) is 0 Å². The molecule has 0 unspecified atom stereocenters. The number of aromatic nitrogens is 1. The van der Waals surface area contributed by atoms with Crippen LogP contribution in [0.15, 0.2) is 97.3 Å². The summed E-state index contributed by atoms with van der Waals surface area (Å²) in [7, 11) is 0.292. The molecule has 0 fully saturated rings. The summed E-state index contributed by atoms with van der Waals surface area (Å²) in [5, 5.41) is 2.33. The number of hydrogen-bond donors (Lipinski definition) is 0. The van der Waals surface area contributed by atoms with Gasteiger partial charge in [-0.15, -0.1) is 0 Å². The third-order valence-corrected chi connectivity index (χ3v) is 11.7. The lowest BCUT2D eigenvalue weighted by Gasteiger charge is -2.43. The van der Waals surface area contributed by atoms with E-state index in [9.17, 15) is 4.79 Å². The molecule has 0 atom stereocenters. The molecule has 202 valence electrons. The molecule has 1 heterocycles. The van der Waals surface area contributed by atoms with E-state index in [0.717, 1.165) is 16.9 Å². The first-order valence-corrected chi connectivity index (χ1v) is 14.8. The van der Waals surface area contributed by atoms with Gasteiger partial charge in [0.15, 0.2) is 0 Å². The summed E-state index contributed by atoms with van der Waals surface area (Å²) in [5.74, 6) is 0.738. The number of carbonyl (C=O) groups excluding carboxylic acids is 1. The molecular formula is C32H35NO5Si. The zero-order chi connectivity index (χ0) is 27.9. The second-order valence-electron chi connectivity index (χ2n) is 10.3. The lowest BCUT2D eigenvalue weighted by atomic mass is 10.1. The van der Waals surface area contributed by atoms with Crippen molar-refractivity contribution in [2.24, 2.45) is 0 Å². The molecule has 0 aliphatic heterocycles. The van der Waals surface area contributed by atoms with Crippen molar-refractivity contribution < 1.29 is 23.4 Å². The molecule has 0 N–H and O–H groups in total. The molecule has 0 aliphatic rings. The van der Waals surface area contributed by atoms with Gasteiger partial charge in [0.2, 0.25) is 0 Å². The van der Waals surface area contributed by atoms with Gasteiger partial charge in [-0.25, -0.2) is 4.79 Å². The maximum Gasteiger partial charge on any atom is 0.339 e. The molecule has 4 rings (SSSR count). The Hall–Kier alpha value is -3.94. The first-order chi connectivity index (χ1) is 18.8. The van der Waals surface area contributed by atoms with Crippen molar-refractivity contribution in [3.05, 3.63) is 114 Å². The number of nitrogens with zero attached hydrogens (tertiary/aromatic N) is 1. The van der Waals surface area contributed by atoms with Gasteiger partial charge < -0.3 is 18.6 Å². The third-order valence-electron chi connectivity index (χ3n) is 6.67. The Labute approximate surface area is 231 Å². The highest BCUT2D eigenvalue weighted by Crippen LogP contribution is 2.37. The average molecular weight is 542 g/mol. The van der Waals surface area contributed by atoms with Crippen LogP contribution in [0.2, 0.25) is 5.04 Å². The van der Waals surface area contributed by atoms with Crippen LogP contribution in [0.1, 0.15) is 42.3 Å². The molecule has 0 spiro atoms. The Balaban J connectivity index is 1.63. The Kier molecular flexibility index (Phi) is 8.84. The van der Waals surface area contributed by atoms with Crippen molar-refractivity contribution in [2.45, 2.75) is 39.0 Å². The number of rotatable bonds is 10. The van der Waals surface area contributed by atoms with Gasteiger partial charge in [-0.2, -0.15) is 0 Å². The molecule has 0 saturated heterocycles. The van der Waals surface area contributed by atoms with E-state index in [1.54, 1.807) is 19.4 Å². The fourth-order valence-corrected chi connectivity index (χ4v) is 9.40. The van der Waals surface area contributed by atoms with Gasteiger partial charge >= 0.3 is 5.97 Å². The molecule has 39 heavy (non-hydrogen) atoms. The van der Waals surface area contributed by atoms with Crippen LogP contribution in [-0.4, -0.2) is 33.5 Å². The van der Waals surface area contributed by atoms with Crippen molar-refractivity contribution in [3.8, 4) is 11.5 Å². The number of carbonyl (C=O) groups is 1. The Bertz CT molecular complexity index is 1350. The summed E-state index contributed by atoms with van der Waals surface area (Å²) in [4.78, 5) is 15.9. The van der Waals surface area contributed by atoms with Crippen molar-refractivity contribution in [3.63, 3.8) is 0 Å². The van der Waals surface area contributed by atoms with Gasteiger partial charge in [0.25, 0.3) is 8.32 Å². The normalized spacial score (nSPS) is 11.6. The predicted octanol–water partition coefficient (Wildman–Crippen LogP) is 5.53. The minimum absolute atomic E-state index is 0.127. The van der Waals surface area contributed by atoms with Crippen LogP contribution in [0.4, 0.5) is 0 Å². The SMILES string of the molecule is COC(=O)c1cncc(OCc2cc(CO[Si](c3ccccc3)(c3ccccc3)C(C)(C)C)cc(OC)c2)c1. The Morgan fingerprint density at radius 2 is 1.36 bits per heavy atom. The minimum atomic E-state index is -2.69. The summed E-state index contributed by atoms with van der Waals surface area (Å²) in [6.07, 6.45) is 3.02. The molecule has 0 saturated carbocycles. The molecule has 6 nitrogen and oxygen atoms in total. The lowest BCUT2D eigenvalue weighted by Crippen LogP contribution is -2.66. The minimum Gasteiger partial charge on any atom is -0.497 e. The highest BCUT2D eigenvalue weighted by molar-refractivity contribution is 6.99. The highest BCUT2D eigenvalue weighted by atomic mass is 28.4. The van der Waals surface area contributed by atoms with Crippen LogP contribution in [0.5, 0.6) is 11.5 Å². The first-order valence-electron chi connectivity index (χ1n) is 12.8. The number of methoxy groups -OCH3 is 2. The molecule has 3 aromatic carbocycles. The first kappa shape index (κ1) is 28.1. The van der Waals surface area contributed by atoms with Gasteiger partial charge in [-0.05, 0) is 50.8 Å². The quantitative estimate of drug-likeness (QED) is 0.194. The smallest absolute Gasteiger partial charge is 0.339 e. The van der Waals surface area contributed by atoms with Crippen LogP contribution in [0.25, 0.3) is 0 Å². The van der Waals surface area contributed by atoms with E-state index in [2.05, 4.69) is 80.4 Å². The Morgan fingerprint density at radius 3 is 1.90 bits per heavy atom. The van der Waals surface area contributed by atoms with Crippen molar-refractivity contribution in [2.75, 3.05) is 14.2 Å². The highest BCUT2D eigenvalue weighted by Gasteiger charge is 2.50. The number of ether oxygens (including phenoxy) is 3. The van der Waals surface area contributed by atoms with Crippen molar-refractivity contribution in [1.82, 2.24) is 4.98 Å². The molecule has 0 bridgehead atoms. The number of hydrogen-bond acceptors (Lipinski definition) is 6. The van der Waals surface area contributed by atoms with E-state index >= 15 is 0 Å². The maximum absolute atomic E-state index is 11.9. The molecule has 0 amide bonds. The summed E-state index contributed by atoms with van der Waals surface area (Å²) >= 11 is 0. The van der Waals surface area contributed by atoms with E-state index < -0.39 is 14.3 Å². The summed E-state index contributed by atoms with van der Waals surface area (Å²) < 4.78 is 23.5. The molecule has 0 aliphatic carbocycles. The zero-order valence-electron chi connectivity index (χ0n) is 23.1. The monoisotopic (exact) mass is 541 g/mol. The molecule has 0 radical (unpaired) electrons. The maximum atomic E-state index is 11.9. The van der Waals surface area contributed by atoms with Crippen LogP contribution in [0, 0.1) is 0 Å². The van der Waals surface area contributed by atoms with E-state index in [1.807, 2.05) is 24.3 Å². The topological polar surface area (TPSA) is 66.9 Å². The van der Waals surface area contributed by atoms with E-state index in [1.165, 1.54) is 23.7 Å². The van der Waals surface area contributed by atoms with Gasteiger partial charge in [-0.1, -0.05) is 81.4 Å². The average Bonchev–Trinajstić information content (AvgIpc) is 2.96. The molecular weight excluding hydrogens is 506 g/mol. The molecule has 1 aromatic heterocycles. The fraction of sp³-hybridized carbons (Fsp3) is 0.250. The van der Waals surface area contributed by atoms with Gasteiger partial charge in [-0.3, -0.25) is 4.98 Å². The van der Waals surface area contributed by atoms with Crippen LogP contribution in [0.3, 0.4) is 0 Å². The van der Waals surface area contributed by atoms with Gasteiger partial charge in [0.05, 0.1) is 32.6 Å². The summed E-state index contributed by atoms with van der Waals surface area (Å²) in [6, 6.07) is 28.8. The van der Waals surface area contributed by atoms with Gasteiger partial charge in [0, 0.05) is 6.20 Å². The Morgan fingerprint density at radius 1 is 0.769 bits per heavy atom. The van der Waals surface area contributed by atoms with Crippen LogP contribution in [-0.2, 0) is 22.4 Å². The van der Waals surface area contributed by atoms with E-state index in [0.29, 0.717) is 17.9 Å². The van der Waals surface area contributed by atoms with Crippen LogP contribution < -0.4 is 19.8 Å². The van der Waals surface area contributed by atoms with E-state index in [-0.39, 0.29) is 11.6 Å².